The molecule has 76 valence electrons. The number of rotatable bonds is 3. The molecule has 0 amide bonds. The molecule has 0 spiro atoms. The Hall–Kier alpha value is -1.36. The minimum Gasteiger partial charge on any atom is -0.351 e. The van der Waals surface area contributed by atoms with Gasteiger partial charge in [-0.05, 0) is 6.92 Å². The van der Waals surface area contributed by atoms with Gasteiger partial charge in [0.15, 0.2) is 0 Å². The number of aromatic amines is 1. The Bertz CT molecular complexity index is 358. The van der Waals surface area contributed by atoms with Crippen LogP contribution in [0.4, 0.5) is 5.82 Å². The molecule has 1 aromatic heterocycles. The molecule has 2 rings (SSSR count). The predicted octanol–water partition coefficient (Wildman–Crippen LogP) is -0.432. The van der Waals surface area contributed by atoms with Crippen LogP contribution in [0.2, 0.25) is 0 Å². The van der Waals surface area contributed by atoms with E-state index >= 15 is 0 Å². The molecule has 0 saturated carbocycles. The van der Waals surface area contributed by atoms with E-state index < -0.39 is 0 Å². The Kier molecular flexibility index (Phi) is 2.49. The zero-order chi connectivity index (χ0) is 9.97. The minimum atomic E-state index is -0.0965. The van der Waals surface area contributed by atoms with Gasteiger partial charge in [-0.3, -0.25) is 4.79 Å². The minimum absolute atomic E-state index is 0.0965. The molecular formula is C9H14N4O. The Morgan fingerprint density at radius 1 is 1.64 bits per heavy atom. The lowest BCUT2D eigenvalue weighted by molar-refractivity contribution is 0.415. The zero-order valence-electron chi connectivity index (χ0n) is 8.16. The number of aromatic nitrogens is 2. The van der Waals surface area contributed by atoms with Gasteiger partial charge in [-0.1, -0.05) is 0 Å². The van der Waals surface area contributed by atoms with Gasteiger partial charge in [-0.25, -0.2) is 4.98 Å². The summed E-state index contributed by atoms with van der Waals surface area (Å²) < 4.78 is 0. The molecule has 1 aliphatic heterocycles. The Balaban J connectivity index is 2.21. The lowest BCUT2D eigenvalue weighted by atomic mass is 10.1. The maximum absolute atomic E-state index is 11.1. The molecule has 0 radical (unpaired) electrons. The largest absolute Gasteiger partial charge is 0.351 e. The normalized spacial score (nSPS) is 16.4. The Morgan fingerprint density at radius 3 is 2.93 bits per heavy atom. The number of likely N-dealkylation sites (N-methyl/N-ethyl adjacent to an activating group) is 1. The summed E-state index contributed by atoms with van der Waals surface area (Å²) in [6.07, 6.45) is 1.45. The fourth-order valence-corrected chi connectivity index (χ4v) is 1.62. The number of H-pyrrole nitrogens is 1. The van der Waals surface area contributed by atoms with E-state index in [1.54, 1.807) is 6.07 Å². The van der Waals surface area contributed by atoms with Crippen molar-refractivity contribution in [2.75, 3.05) is 24.5 Å². The lowest BCUT2D eigenvalue weighted by Gasteiger charge is -2.38. The van der Waals surface area contributed by atoms with Crippen LogP contribution in [0.3, 0.4) is 0 Å². The second-order valence-corrected chi connectivity index (χ2v) is 3.37. The van der Waals surface area contributed by atoms with Crippen molar-refractivity contribution in [2.24, 2.45) is 0 Å². The van der Waals surface area contributed by atoms with E-state index in [-0.39, 0.29) is 5.56 Å². The van der Waals surface area contributed by atoms with Gasteiger partial charge >= 0.3 is 0 Å². The molecule has 1 fully saturated rings. The number of hydrogen-bond donors (Lipinski definition) is 2. The second-order valence-electron chi connectivity index (χ2n) is 3.37. The molecule has 0 aromatic carbocycles. The third-order valence-electron chi connectivity index (χ3n) is 2.50. The van der Waals surface area contributed by atoms with E-state index in [0.717, 1.165) is 25.5 Å². The first-order chi connectivity index (χ1) is 6.81. The summed E-state index contributed by atoms with van der Waals surface area (Å²) in [4.78, 5) is 19.9. The maximum Gasteiger partial charge on any atom is 0.252 e. The summed E-state index contributed by atoms with van der Waals surface area (Å²) in [6.45, 7) is 4.90. The second kappa shape index (κ2) is 3.79. The highest BCUT2D eigenvalue weighted by atomic mass is 16.1. The standard InChI is InChI=1S/C9H14N4O/c1-2-13(7-4-10-5-7)8-3-9(14)12-6-11-8/h3,6-7,10H,2,4-5H2,1H3,(H,11,12,14). The summed E-state index contributed by atoms with van der Waals surface area (Å²) >= 11 is 0. The van der Waals surface area contributed by atoms with Gasteiger partial charge in [0.25, 0.3) is 5.56 Å². The van der Waals surface area contributed by atoms with E-state index in [1.807, 2.05) is 0 Å². The first-order valence-electron chi connectivity index (χ1n) is 4.83. The molecule has 2 N–H and O–H groups in total. The van der Waals surface area contributed by atoms with Crippen LogP contribution in [0.25, 0.3) is 0 Å². The van der Waals surface area contributed by atoms with Crippen LogP contribution >= 0.6 is 0 Å². The molecule has 0 aliphatic carbocycles. The van der Waals surface area contributed by atoms with Crippen LogP contribution in [0.1, 0.15) is 6.92 Å². The van der Waals surface area contributed by atoms with Crippen LogP contribution in [-0.4, -0.2) is 35.6 Å². The maximum atomic E-state index is 11.1. The van der Waals surface area contributed by atoms with Crippen molar-refractivity contribution < 1.29 is 0 Å². The van der Waals surface area contributed by atoms with Crippen LogP contribution in [-0.2, 0) is 0 Å². The SMILES string of the molecule is CCN(c1cc(=O)[nH]cn1)C1CNC1. The molecule has 5 heteroatoms. The topological polar surface area (TPSA) is 61.0 Å². The first kappa shape index (κ1) is 9.21. The summed E-state index contributed by atoms with van der Waals surface area (Å²) in [5, 5.41) is 3.21. The molecule has 1 saturated heterocycles. The van der Waals surface area contributed by atoms with Gasteiger partial charge in [0.2, 0.25) is 0 Å². The summed E-state index contributed by atoms with van der Waals surface area (Å²) in [5.74, 6) is 0.766. The quantitative estimate of drug-likeness (QED) is 0.685. The third-order valence-corrected chi connectivity index (χ3v) is 2.50. The Morgan fingerprint density at radius 2 is 2.43 bits per heavy atom. The highest BCUT2D eigenvalue weighted by Crippen LogP contribution is 2.13. The molecular weight excluding hydrogens is 180 g/mol. The van der Waals surface area contributed by atoms with E-state index in [2.05, 4.69) is 27.1 Å². The molecule has 1 aromatic rings. The van der Waals surface area contributed by atoms with E-state index in [1.165, 1.54) is 6.33 Å². The van der Waals surface area contributed by atoms with Gasteiger partial charge in [-0.15, -0.1) is 0 Å². The highest BCUT2D eigenvalue weighted by molar-refractivity contribution is 5.38. The molecule has 5 nitrogen and oxygen atoms in total. The fraction of sp³-hybridized carbons (Fsp3) is 0.556. The van der Waals surface area contributed by atoms with E-state index in [9.17, 15) is 4.79 Å². The average Bonchev–Trinajstić information content (AvgIpc) is 2.10. The van der Waals surface area contributed by atoms with Crippen molar-refractivity contribution in [3.05, 3.63) is 22.7 Å². The monoisotopic (exact) mass is 194 g/mol. The summed E-state index contributed by atoms with van der Waals surface area (Å²) in [7, 11) is 0. The predicted molar refractivity (Wildman–Crippen MR) is 54.5 cm³/mol. The van der Waals surface area contributed by atoms with Crippen LogP contribution in [0.15, 0.2) is 17.2 Å². The lowest BCUT2D eigenvalue weighted by Crippen LogP contribution is -2.57. The third kappa shape index (κ3) is 1.63. The van der Waals surface area contributed by atoms with Crippen molar-refractivity contribution in [3.8, 4) is 0 Å². The average molecular weight is 194 g/mol. The van der Waals surface area contributed by atoms with Gasteiger partial charge in [0, 0.05) is 25.7 Å². The van der Waals surface area contributed by atoms with Gasteiger partial charge in [-0.2, -0.15) is 0 Å². The number of nitrogens with zero attached hydrogens (tertiary/aromatic N) is 2. The Labute approximate surface area is 82.2 Å². The molecule has 14 heavy (non-hydrogen) atoms. The number of anilines is 1. The molecule has 1 aliphatic rings. The van der Waals surface area contributed by atoms with Crippen LogP contribution in [0.5, 0.6) is 0 Å². The zero-order valence-corrected chi connectivity index (χ0v) is 8.16. The van der Waals surface area contributed by atoms with Crippen molar-refractivity contribution in [3.63, 3.8) is 0 Å². The fourth-order valence-electron chi connectivity index (χ4n) is 1.62. The summed E-state index contributed by atoms with van der Waals surface area (Å²) in [6, 6.07) is 2.02. The van der Waals surface area contributed by atoms with Gasteiger partial charge in [0.1, 0.15) is 5.82 Å². The van der Waals surface area contributed by atoms with E-state index in [0.29, 0.717) is 6.04 Å². The van der Waals surface area contributed by atoms with Gasteiger partial charge in [0.05, 0.1) is 12.4 Å². The molecule has 0 unspecified atom stereocenters. The van der Waals surface area contributed by atoms with E-state index in [4.69, 9.17) is 0 Å². The smallest absolute Gasteiger partial charge is 0.252 e. The molecule has 2 heterocycles. The van der Waals surface area contributed by atoms with Crippen LogP contribution in [0, 0.1) is 0 Å². The first-order valence-corrected chi connectivity index (χ1v) is 4.83. The molecule has 0 atom stereocenters. The van der Waals surface area contributed by atoms with Gasteiger partial charge < -0.3 is 15.2 Å². The summed E-state index contributed by atoms with van der Waals surface area (Å²) in [5.41, 5.74) is -0.0965. The molecule has 0 bridgehead atoms. The number of hydrogen-bond acceptors (Lipinski definition) is 4. The van der Waals surface area contributed by atoms with Crippen molar-refractivity contribution >= 4 is 5.82 Å². The van der Waals surface area contributed by atoms with Crippen molar-refractivity contribution in [1.82, 2.24) is 15.3 Å². The highest BCUT2D eigenvalue weighted by Gasteiger charge is 2.24. The van der Waals surface area contributed by atoms with Crippen molar-refractivity contribution in [2.45, 2.75) is 13.0 Å². The van der Waals surface area contributed by atoms with Crippen molar-refractivity contribution in [1.29, 1.82) is 0 Å². The van der Waals surface area contributed by atoms with Crippen LogP contribution < -0.4 is 15.8 Å². The number of nitrogens with one attached hydrogen (secondary N) is 2.